The maximum Gasteiger partial charge on any atom is 0.224 e. The zero-order valence-corrected chi connectivity index (χ0v) is 15.6. The first-order valence-corrected chi connectivity index (χ1v) is 9.64. The van der Waals surface area contributed by atoms with Crippen molar-refractivity contribution in [2.45, 2.75) is 37.5 Å². The molecule has 6 nitrogen and oxygen atoms in total. The molecule has 0 saturated carbocycles. The Hall–Kier alpha value is -2.70. The first kappa shape index (κ1) is 18.7. The van der Waals surface area contributed by atoms with Crippen LogP contribution in [0, 0.1) is 0 Å². The van der Waals surface area contributed by atoms with Crippen LogP contribution in [0.25, 0.3) is 0 Å². The lowest BCUT2D eigenvalue weighted by Gasteiger charge is -2.35. The zero-order valence-electron chi connectivity index (χ0n) is 15.6. The standard InChI is InChI=1S/C22H24N2O4/c25-10-9-22(13-26,16-5-1-14-3-7-20(27)23-18(14)11-16)17-6-2-15-4-8-21(28)24-19(15)12-17/h1-2,5-6,11-12,25-26H,3-4,7-10,13H2,(H,23,27)(H,24,28). The fourth-order valence-corrected chi connectivity index (χ4v) is 4.25. The van der Waals surface area contributed by atoms with Gasteiger partial charge in [-0.2, -0.15) is 0 Å². The molecule has 2 aliphatic rings. The molecule has 0 fully saturated rings. The van der Waals surface area contributed by atoms with Crippen molar-refractivity contribution in [2.24, 2.45) is 0 Å². The first-order valence-electron chi connectivity index (χ1n) is 9.64. The molecular formula is C22H24N2O4. The summed E-state index contributed by atoms with van der Waals surface area (Å²) in [7, 11) is 0. The van der Waals surface area contributed by atoms with Gasteiger partial charge in [0.25, 0.3) is 0 Å². The monoisotopic (exact) mass is 380 g/mol. The third-order valence-electron chi connectivity index (χ3n) is 5.92. The number of carbonyl (C=O) groups excluding carboxylic acids is 2. The topological polar surface area (TPSA) is 98.7 Å². The Morgan fingerprint density at radius 2 is 1.29 bits per heavy atom. The van der Waals surface area contributed by atoms with Crippen molar-refractivity contribution in [3.8, 4) is 0 Å². The van der Waals surface area contributed by atoms with E-state index in [-0.39, 0.29) is 25.0 Å². The van der Waals surface area contributed by atoms with Gasteiger partial charge in [-0.15, -0.1) is 0 Å². The molecule has 0 aliphatic carbocycles. The van der Waals surface area contributed by atoms with Crippen LogP contribution in [0.2, 0.25) is 0 Å². The van der Waals surface area contributed by atoms with Crippen LogP contribution in [-0.4, -0.2) is 35.2 Å². The number of carbonyl (C=O) groups is 2. The molecule has 6 heteroatoms. The molecule has 4 rings (SSSR count). The second-order valence-electron chi connectivity index (χ2n) is 7.55. The Kier molecular flexibility index (Phi) is 4.91. The molecule has 2 aromatic rings. The van der Waals surface area contributed by atoms with Crippen molar-refractivity contribution in [1.29, 1.82) is 0 Å². The van der Waals surface area contributed by atoms with Crippen LogP contribution >= 0.6 is 0 Å². The minimum absolute atomic E-state index is 0.0158. The van der Waals surface area contributed by atoms with Crippen molar-refractivity contribution in [3.63, 3.8) is 0 Å². The summed E-state index contributed by atoms with van der Waals surface area (Å²) >= 11 is 0. The number of nitrogens with one attached hydrogen (secondary N) is 2. The van der Waals surface area contributed by atoms with Crippen molar-refractivity contribution in [1.82, 2.24) is 0 Å². The van der Waals surface area contributed by atoms with E-state index in [4.69, 9.17) is 0 Å². The molecule has 0 saturated heterocycles. The van der Waals surface area contributed by atoms with E-state index < -0.39 is 5.41 Å². The number of rotatable bonds is 5. The van der Waals surface area contributed by atoms with E-state index in [0.29, 0.717) is 32.1 Å². The molecule has 0 bridgehead atoms. The highest BCUT2D eigenvalue weighted by Crippen LogP contribution is 2.40. The second kappa shape index (κ2) is 7.37. The third kappa shape index (κ3) is 3.19. The van der Waals surface area contributed by atoms with Crippen LogP contribution in [-0.2, 0) is 27.8 Å². The summed E-state index contributed by atoms with van der Waals surface area (Å²) in [6.45, 7) is -0.305. The Morgan fingerprint density at radius 1 is 0.786 bits per heavy atom. The molecule has 4 N–H and O–H groups in total. The predicted molar refractivity (Wildman–Crippen MR) is 106 cm³/mol. The highest BCUT2D eigenvalue weighted by molar-refractivity contribution is 5.94. The van der Waals surface area contributed by atoms with Gasteiger partial charge in [0.05, 0.1) is 6.61 Å². The van der Waals surface area contributed by atoms with Crippen LogP contribution in [0.15, 0.2) is 36.4 Å². The number of hydrogen-bond donors (Lipinski definition) is 4. The smallest absolute Gasteiger partial charge is 0.224 e. The lowest BCUT2D eigenvalue weighted by molar-refractivity contribution is -0.117. The number of hydrogen-bond acceptors (Lipinski definition) is 4. The minimum Gasteiger partial charge on any atom is -0.396 e. The molecule has 28 heavy (non-hydrogen) atoms. The van der Waals surface area contributed by atoms with E-state index in [1.54, 1.807) is 0 Å². The second-order valence-corrected chi connectivity index (χ2v) is 7.55. The molecule has 146 valence electrons. The van der Waals surface area contributed by atoms with Gasteiger partial charge in [0.2, 0.25) is 11.8 Å². The lowest BCUT2D eigenvalue weighted by Crippen LogP contribution is -2.34. The molecule has 2 aliphatic heterocycles. The summed E-state index contributed by atoms with van der Waals surface area (Å²) in [5, 5.41) is 26.0. The van der Waals surface area contributed by atoms with E-state index in [0.717, 1.165) is 33.6 Å². The van der Waals surface area contributed by atoms with Gasteiger partial charge in [-0.1, -0.05) is 24.3 Å². The molecule has 0 unspecified atom stereocenters. The van der Waals surface area contributed by atoms with E-state index in [1.165, 1.54) is 0 Å². The van der Waals surface area contributed by atoms with Crippen LogP contribution in [0.4, 0.5) is 11.4 Å². The average molecular weight is 380 g/mol. The number of aliphatic hydroxyl groups excluding tert-OH is 2. The third-order valence-corrected chi connectivity index (χ3v) is 5.92. The Labute approximate surface area is 163 Å². The van der Waals surface area contributed by atoms with Gasteiger partial charge < -0.3 is 20.8 Å². The fourth-order valence-electron chi connectivity index (χ4n) is 4.25. The van der Waals surface area contributed by atoms with Gasteiger partial charge in [0.15, 0.2) is 0 Å². The highest BCUT2D eigenvalue weighted by Gasteiger charge is 2.35. The number of aliphatic hydroxyl groups is 2. The Morgan fingerprint density at radius 3 is 1.71 bits per heavy atom. The molecule has 0 aromatic heterocycles. The van der Waals surface area contributed by atoms with E-state index in [1.807, 2.05) is 36.4 Å². The zero-order chi connectivity index (χ0) is 19.7. The van der Waals surface area contributed by atoms with Crippen LogP contribution in [0.5, 0.6) is 0 Å². The highest BCUT2D eigenvalue weighted by atomic mass is 16.3. The van der Waals surface area contributed by atoms with Gasteiger partial charge in [0.1, 0.15) is 0 Å². The molecule has 2 heterocycles. The van der Waals surface area contributed by atoms with E-state index in [9.17, 15) is 19.8 Å². The maximum absolute atomic E-state index is 11.8. The number of amides is 2. The fraction of sp³-hybridized carbons (Fsp3) is 0.364. The van der Waals surface area contributed by atoms with Crippen molar-refractivity contribution >= 4 is 23.2 Å². The summed E-state index contributed by atoms with van der Waals surface area (Å²) in [4.78, 5) is 23.6. The summed E-state index contributed by atoms with van der Waals surface area (Å²) in [6, 6.07) is 11.7. The quantitative estimate of drug-likeness (QED) is 0.639. The van der Waals surface area contributed by atoms with Crippen molar-refractivity contribution in [2.75, 3.05) is 23.8 Å². The molecule has 0 radical (unpaired) electrons. The Balaban J connectivity index is 1.81. The van der Waals surface area contributed by atoms with Crippen LogP contribution < -0.4 is 10.6 Å². The van der Waals surface area contributed by atoms with Crippen molar-refractivity contribution in [3.05, 3.63) is 58.7 Å². The SMILES string of the molecule is O=C1CCc2ccc(C(CO)(CCO)c3ccc4c(c3)NC(=O)CC4)cc2N1. The summed E-state index contributed by atoms with van der Waals surface area (Å²) < 4.78 is 0. The molecule has 2 aromatic carbocycles. The summed E-state index contributed by atoms with van der Waals surface area (Å²) in [5.74, 6) is -0.0317. The van der Waals surface area contributed by atoms with Gasteiger partial charge in [-0.3, -0.25) is 9.59 Å². The van der Waals surface area contributed by atoms with Gasteiger partial charge in [-0.05, 0) is 53.6 Å². The van der Waals surface area contributed by atoms with Gasteiger partial charge in [-0.25, -0.2) is 0 Å². The number of anilines is 2. The van der Waals surface area contributed by atoms with E-state index in [2.05, 4.69) is 10.6 Å². The summed E-state index contributed by atoms with van der Waals surface area (Å²) in [5.41, 5.74) is 4.47. The largest absolute Gasteiger partial charge is 0.396 e. The first-order chi connectivity index (χ1) is 13.6. The van der Waals surface area contributed by atoms with Gasteiger partial charge in [0, 0.05) is 36.2 Å². The normalized spacial score (nSPS) is 16.1. The summed E-state index contributed by atoms with van der Waals surface area (Å²) in [6.07, 6.45) is 2.65. The molecular weight excluding hydrogens is 356 g/mol. The van der Waals surface area contributed by atoms with Crippen LogP contribution in [0.1, 0.15) is 41.5 Å². The molecule has 0 atom stereocenters. The average Bonchev–Trinajstić information content (AvgIpc) is 2.71. The number of fused-ring (bicyclic) bond motifs is 2. The predicted octanol–water partition coefficient (Wildman–Crippen LogP) is 2.12. The molecule has 2 amide bonds. The van der Waals surface area contributed by atoms with Crippen LogP contribution in [0.3, 0.4) is 0 Å². The maximum atomic E-state index is 11.8. The lowest BCUT2D eigenvalue weighted by atomic mass is 9.71. The van der Waals surface area contributed by atoms with E-state index >= 15 is 0 Å². The Bertz CT molecular complexity index is 869. The minimum atomic E-state index is -0.830. The number of aryl methyl sites for hydroxylation is 2. The number of benzene rings is 2. The van der Waals surface area contributed by atoms with Gasteiger partial charge >= 0.3 is 0 Å². The molecule has 0 spiro atoms. The van der Waals surface area contributed by atoms with Crippen molar-refractivity contribution < 1.29 is 19.8 Å².